The van der Waals surface area contributed by atoms with E-state index in [1.165, 1.54) is 20.5 Å². The molecule has 0 spiro atoms. The van der Waals surface area contributed by atoms with E-state index in [9.17, 15) is 18.0 Å². The number of rotatable bonds is 5. The molecule has 1 saturated heterocycles. The molecule has 11 heteroatoms. The first kappa shape index (κ1) is 19.9. The Kier molecular flexibility index (Phi) is 5.73. The van der Waals surface area contributed by atoms with Crippen molar-refractivity contribution in [3.05, 3.63) is 18.5 Å². The van der Waals surface area contributed by atoms with E-state index in [-0.39, 0.29) is 6.04 Å². The Bertz CT molecular complexity index is 854. The summed E-state index contributed by atoms with van der Waals surface area (Å²) in [4.78, 5) is 25.5. The molecule has 0 amide bonds. The number of anilines is 1. The number of hydroxylamine groups is 1. The molecule has 1 aromatic carbocycles. The molecule has 0 radical (unpaired) electrons. The Morgan fingerprint density at radius 1 is 1.14 bits per heavy atom. The summed E-state index contributed by atoms with van der Waals surface area (Å²) >= 11 is 0. The monoisotopic (exact) mass is 400 g/mol. The summed E-state index contributed by atoms with van der Waals surface area (Å²) in [7, 11) is 3.07. The van der Waals surface area contributed by atoms with Crippen molar-refractivity contribution in [2.24, 2.45) is 0 Å². The standard InChI is InChI=1S/C17H19F3N4O4/c1-26-13-7-11-12(8-14(13)27-2)21-9-22-15(11)24-5-3-10(4-6-24)23-28-16(25)17(18,19)20/h7-10,23H,3-6H2,1-2H3. The van der Waals surface area contributed by atoms with E-state index < -0.39 is 12.1 Å². The van der Waals surface area contributed by atoms with Crippen LogP contribution < -0.4 is 19.9 Å². The van der Waals surface area contributed by atoms with Gasteiger partial charge in [0.05, 0.1) is 19.7 Å². The fourth-order valence-corrected chi connectivity index (χ4v) is 3.03. The molecule has 1 aromatic heterocycles. The van der Waals surface area contributed by atoms with Crippen molar-refractivity contribution in [3.8, 4) is 11.5 Å². The largest absolute Gasteiger partial charge is 0.493 e. The molecule has 0 unspecified atom stereocenters. The second-order valence-corrected chi connectivity index (χ2v) is 6.19. The molecular formula is C17H19F3N4O4. The molecule has 0 aliphatic carbocycles. The van der Waals surface area contributed by atoms with Crippen molar-refractivity contribution in [1.29, 1.82) is 0 Å². The van der Waals surface area contributed by atoms with Crippen molar-refractivity contribution < 1.29 is 32.3 Å². The number of nitrogens with one attached hydrogen (secondary N) is 1. The number of carbonyl (C=O) groups is 1. The lowest BCUT2D eigenvalue weighted by atomic mass is 10.1. The SMILES string of the molecule is COc1cc2ncnc(N3CCC(NOC(=O)C(F)(F)F)CC3)c2cc1OC. The molecule has 0 atom stereocenters. The molecule has 1 aliphatic heterocycles. The number of ether oxygens (including phenoxy) is 2. The average Bonchev–Trinajstić information content (AvgIpc) is 2.70. The summed E-state index contributed by atoms with van der Waals surface area (Å²) in [5.41, 5.74) is 2.89. The highest BCUT2D eigenvalue weighted by Gasteiger charge is 2.42. The number of methoxy groups -OCH3 is 2. The van der Waals surface area contributed by atoms with E-state index in [1.54, 1.807) is 12.1 Å². The zero-order valence-corrected chi connectivity index (χ0v) is 15.2. The number of hydrogen-bond acceptors (Lipinski definition) is 8. The van der Waals surface area contributed by atoms with E-state index in [0.29, 0.717) is 48.8 Å². The van der Waals surface area contributed by atoms with Gasteiger partial charge in [-0.15, -0.1) is 5.48 Å². The minimum Gasteiger partial charge on any atom is -0.493 e. The van der Waals surface area contributed by atoms with Crippen LogP contribution in [0, 0.1) is 0 Å². The van der Waals surface area contributed by atoms with Crippen LogP contribution >= 0.6 is 0 Å². The molecule has 1 N–H and O–H groups in total. The van der Waals surface area contributed by atoms with Crippen LogP contribution in [0.5, 0.6) is 11.5 Å². The van der Waals surface area contributed by atoms with Crippen molar-refractivity contribution in [1.82, 2.24) is 15.4 Å². The lowest BCUT2D eigenvalue weighted by Gasteiger charge is -2.33. The predicted octanol–water partition coefficient (Wildman–Crippen LogP) is 2.23. The number of nitrogens with zero attached hydrogens (tertiary/aromatic N) is 3. The number of hydrogen-bond donors (Lipinski definition) is 1. The number of benzene rings is 1. The van der Waals surface area contributed by atoms with Crippen LogP contribution in [0.3, 0.4) is 0 Å². The van der Waals surface area contributed by atoms with Gasteiger partial charge in [0.1, 0.15) is 12.1 Å². The second kappa shape index (κ2) is 8.05. The number of halogens is 3. The third kappa shape index (κ3) is 4.19. The average molecular weight is 400 g/mol. The van der Waals surface area contributed by atoms with Gasteiger partial charge in [0.2, 0.25) is 0 Å². The Morgan fingerprint density at radius 3 is 2.39 bits per heavy atom. The van der Waals surface area contributed by atoms with Gasteiger partial charge in [0, 0.05) is 30.6 Å². The van der Waals surface area contributed by atoms with E-state index in [4.69, 9.17) is 9.47 Å². The zero-order valence-electron chi connectivity index (χ0n) is 15.2. The molecular weight excluding hydrogens is 381 g/mol. The smallest absolute Gasteiger partial charge is 0.492 e. The topological polar surface area (TPSA) is 85.8 Å². The molecule has 152 valence electrons. The highest BCUT2D eigenvalue weighted by Crippen LogP contribution is 2.35. The summed E-state index contributed by atoms with van der Waals surface area (Å²) < 4.78 is 47.2. The maximum atomic E-state index is 12.2. The molecule has 0 saturated carbocycles. The zero-order chi connectivity index (χ0) is 20.3. The van der Waals surface area contributed by atoms with Gasteiger partial charge >= 0.3 is 12.1 Å². The lowest BCUT2D eigenvalue weighted by Crippen LogP contribution is -2.45. The molecule has 8 nitrogen and oxygen atoms in total. The van der Waals surface area contributed by atoms with Gasteiger partial charge in [-0.2, -0.15) is 13.2 Å². The summed E-state index contributed by atoms with van der Waals surface area (Å²) in [6.07, 6.45) is -2.62. The van der Waals surface area contributed by atoms with Crippen LogP contribution in [0.2, 0.25) is 0 Å². The van der Waals surface area contributed by atoms with E-state index >= 15 is 0 Å². The minimum absolute atomic E-state index is 0.370. The van der Waals surface area contributed by atoms with Gasteiger partial charge in [-0.05, 0) is 18.9 Å². The minimum atomic E-state index is -5.02. The van der Waals surface area contributed by atoms with Crippen molar-refractivity contribution >= 4 is 22.7 Å². The van der Waals surface area contributed by atoms with E-state index in [1.807, 2.05) is 4.90 Å². The van der Waals surface area contributed by atoms with Crippen LogP contribution in [0.4, 0.5) is 19.0 Å². The van der Waals surface area contributed by atoms with Crippen molar-refractivity contribution in [2.75, 3.05) is 32.2 Å². The van der Waals surface area contributed by atoms with Gasteiger partial charge < -0.3 is 19.2 Å². The maximum Gasteiger partial charge on any atom is 0.492 e. The lowest BCUT2D eigenvalue weighted by molar-refractivity contribution is -0.208. The summed E-state index contributed by atoms with van der Waals surface area (Å²) in [5.74, 6) is -0.467. The van der Waals surface area contributed by atoms with Gasteiger partial charge in [-0.1, -0.05) is 0 Å². The first-order valence-electron chi connectivity index (χ1n) is 8.48. The van der Waals surface area contributed by atoms with Crippen molar-refractivity contribution in [3.63, 3.8) is 0 Å². The first-order chi connectivity index (χ1) is 13.3. The predicted molar refractivity (Wildman–Crippen MR) is 93.2 cm³/mol. The van der Waals surface area contributed by atoms with Gasteiger partial charge in [-0.3, -0.25) is 0 Å². The Morgan fingerprint density at radius 2 is 1.79 bits per heavy atom. The summed E-state index contributed by atoms with van der Waals surface area (Å²) in [6, 6.07) is 3.17. The molecule has 2 aromatic rings. The van der Waals surface area contributed by atoms with Crippen LogP contribution in [-0.2, 0) is 9.63 Å². The molecule has 2 heterocycles. The van der Waals surface area contributed by atoms with Crippen LogP contribution in [0.25, 0.3) is 10.9 Å². The maximum absolute atomic E-state index is 12.2. The second-order valence-electron chi connectivity index (χ2n) is 6.19. The summed E-state index contributed by atoms with van der Waals surface area (Å²) in [5, 5.41) is 0.773. The molecule has 0 bridgehead atoms. The Hall–Kier alpha value is -2.82. The Balaban J connectivity index is 1.70. The highest BCUT2D eigenvalue weighted by atomic mass is 19.4. The number of piperidine rings is 1. The fraction of sp³-hybridized carbons (Fsp3) is 0.471. The first-order valence-corrected chi connectivity index (χ1v) is 8.48. The Labute approximate surface area is 158 Å². The van der Waals surface area contributed by atoms with Crippen LogP contribution in [0.15, 0.2) is 18.5 Å². The molecule has 1 aliphatic rings. The third-order valence-corrected chi connectivity index (χ3v) is 4.46. The van der Waals surface area contributed by atoms with Gasteiger partial charge in [0.15, 0.2) is 11.5 Å². The number of carbonyl (C=O) groups excluding carboxylic acids is 1. The summed E-state index contributed by atoms with van der Waals surface area (Å²) in [6.45, 7) is 1.03. The van der Waals surface area contributed by atoms with Crippen LogP contribution in [0.1, 0.15) is 12.8 Å². The van der Waals surface area contributed by atoms with Crippen molar-refractivity contribution in [2.45, 2.75) is 25.1 Å². The molecule has 1 fully saturated rings. The van der Waals surface area contributed by atoms with Gasteiger partial charge in [-0.25, -0.2) is 14.8 Å². The number of fused-ring (bicyclic) bond motifs is 1. The highest BCUT2D eigenvalue weighted by molar-refractivity contribution is 5.92. The molecule has 3 rings (SSSR count). The normalized spacial score (nSPS) is 15.5. The fourth-order valence-electron chi connectivity index (χ4n) is 3.03. The quantitative estimate of drug-likeness (QED) is 0.765. The van der Waals surface area contributed by atoms with Crippen LogP contribution in [-0.4, -0.2) is 55.5 Å². The molecule has 28 heavy (non-hydrogen) atoms. The van der Waals surface area contributed by atoms with E-state index in [2.05, 4.69) is 20.3 Å². The number of aromatic nitrogens is 2. The van der Waals surface area contributed by atoms with Gasteiger partial charge in [0.25, 0.3) is 0 Å². The third-order valence-electron chi connectivity index (χ3n) is 4.46. The number of alkyl halides is 3. The van der Waals surface area contributed by atoms with E-state index in [0.717, 1.165) is 5.39 Å².